The van der Waals surface area contributed by atoms with Gasteiger partial charge in [-0.15, -0.1) is 0 Å². The topological polar surface area (TPSA) is 72.3 Å². The first-order chi connectivity index (χ1) is 6.13. The summed E-state index contributed by atoms with van der Waals surface area (Å²) in [4.78, 5) is 0. The molecule has 72 valence electrons. The van der Waals surface area contributed by atoms with Crippen LogP contribution in [0.1, 0.15) is 11.1 Å². The van der Waals surface area contributed by atoms with E-state index in [2.05, 4.69) is 0 Å². The van der Waals surface area contributed by atoms with Gasteiger partial charge in [-0.25, -0.2) is 0 Å². The summed E-state index contributed by atoms with van der Waals surface area (Å²) in [5.74, 6) is 0.300. The lowest BCUT2D eigenvalue weighted by Gasteiger charge is -2.10. The lowest BCUT2D eigenvalue weighted by Crippen LogP contribution is -2.31. The molecule has 13 heavy (non-hydrogen) atoms. The summed E-state index contributed by atoms with van der Waals surface area (Å²) >= 11 is 0. The molecule has 1 aromatic carbocycles. The van der Waals surface area contributed by atoms with Gasteiger partial charge in [0.25, 0.3) is 0 Å². The number of benzene rings is 1. The van der Waals surface area contributed by atoms with Crippen molar-refractivity contribution < 1.29 is 5.11 Å². The van der Waals surface area contributed by atoms with E-state index in [4.69, 9.17) is 11.5 Å². The highest BCUT2D eigenvalue weighted by atomic mass is 16.3. The van der Waals surface area contributed by atoms with Crippen molar-refractivity contribution in [1.29, 1.82) is 0 Å². The Morgan fingerprint density at radius 3 is 2.77 bits per heavy atom. The van der Waals surface area contributed by atoms with Crippen LogP contribution in [-0.4, -0.2) is 17.7 Å². The number of rotatable bonds is 3. The molecular weight excluding hydrogens is 164 g/mol. The fourth-order valence-corrected chi connectivity index (χ4v) is 1.24. The molecule has 3 nitrogen and oxygen atoms in total. The molecule has 0 radical (unpaired) electrons. The van der Waals surface area contributed by atoms with E-state index in [-0.39, 0.29) is 6.04 Å². The summed E-state index contributed by atoms with van der Waals surface area (Å²) in [5.41, 5.74) is 13.1. The summed E-state index contributed by atoms with van der Waals surface area (Å²) in [5, 5.41) is 9.48. The van der Waals surface area contributed by atoms with Gasteiger partial charge in [-0.2, -0.15) is 0 Å². The molecule has 0 spiro atoms. The molecule has 1 aromatic rings. The molecule has 0 bridgehead atoms. The Hall–Kier alpha value is -1.06. The maximum atomic E-state index is 9.48. The molecule has 0 aliphatic heterocycles. The largest absolute Gasteiger partial charge is 0.508 e. The molecule has 1 atom stereocenters. The minimum Gasteiger partial charge on any atom is -0.508 e. The second kappa shape index (κ2) is 4.25. The van der Waals surface area contributed by atoms with Gasteiger partial charge in [-0.05, 0) is 25.0 Å². The van der Waals surface area contributed by atoms with Crippen LogP contribution in [-0.2, 0) is 6.42 Å². The predicted molar refractivity (Wildman–Crippen MR) is 53.6 cm³/mol. The van der Waals surface area contributed by atoms with Crippen molar-refractivity contribution in [1.82, 2.24) is 0 Å². The van der Waals surface area contributed by atoms with Crippen LogP contribution in [0.5, 0.6) is 5.75 Å². The fraction of sp³-hybridized carbons (Fsp3) is 0.400. The molecule has 0 saturated heterocycles. The first kappa shape index (κ1) is 10.0. The first-order valence-electron chi connectivity index (χ1n) is 4.37. The number of phenolic OH excluding ortho intramolecular Hbond substituents is 1. The zero-order valence-electron chi connectivity index (χ0n) is 7.83. The van der Waals surface area contributed by atoms with Gasteiger partial charge in [0.15, 0.2) is 0 Å². The Balaban J connectivity index is 2.81. The summed E-state index contributed by atoms with van der Waals surface area (Å²) in [7, 11) is 0. The zero-order valence-corrected chi connectivity index (χ0v) is 7.83. The van der Waals surface area contributed by atoms with Crippen LogP contribution in [0.15, 0.2) is 18.2 Å². The molecule has 1 unspecified atom stereocenters. The summed E-state index contributed by atoms with van der Waals surface area (Å²) in [6.45, 7) is 2.42. The maximum Gasteiger partial charge on any atom is 0.118 e. The van der Waals surface area contributed by atoms with E-state index >= 15 is 0 Å². The number of hydrogen-bond donors (Lipinski definition) is 3. The Bertz CT molecular complexity index is 286. The van der Waals surface area contributed by atoms with Gasteiger partial charge in [0.1, 0.15) is 5.75 Å². The monoisotopic (exact) mass is 180 g/mol. The van der Waals surface area contributed by atoms with Gasteiger partial charge in [0.05, 0.1) is 0 Å². The third kappa shape index (κ3) is 2.72. The van der Waals surface area contributed by atoms with Crippen LogP contribution < -0.4 is 11.5 Å². The molecule has 1 rings (SSSR count). The van der Waals surface area contributed by atoms with Crippen LogP contribution in [0.4, 0.5) is 0 Å². The molecule has 0 aliphatic rings. The third-order valence-electron chi connectivity index (χ3n) is 2.02. The van der Waals surface area contributed by atoms with E-state index in [1.807, 2.05) is 19.1 Å². The van der Waals surface area contributed by atoms with Crippen molar-refractivity contribution in [3.63, 3.8) is 0 Å². The molecule has 0 aliphatic carbocycles. The van der Waals surface area contributed by atoms with Crippen molar-refractivity contribution in [2.75, 3.05) is 6.54 Å². The smallest absolute Gasteiger partial charge is 0.118 e. The van der Waals surface area contributed by atoms with Crippen LogP contribution in [0.3, 0.4) is 0 Å². The summed E-state index contributed by atoms with van der Waals surface area (Å²) < 4.78 is 0. The van der Waals surface area contributed by atoms with Gasteiger partial charge >= 0.3 is 0 Å². The van der Waals surface area contributed by atoms with Crippen LogP contribution in [0, 0.1) is 6.92 Å². The highest BCUT2D eigenvalue weighted by Crippen LogP contribution is 2.19. The lowest BCUT2D eigenvalue weighted by atomic mass is 10.0. The molecule has 3 heteroatoms. The van der Waals surface area contributed by atoms with Gasteiger partial charge in [0, 0.05) is 12.6 Å². The minimum absolute atomic E-state index is 0.0762. The first-order valence-corrected chi connectivity index (χ1v) is 4.37. The molecule has 5 N–H and O–H groups in total. The fourth-order valence-electron chi connectivity index (χ4n) is 1.24. The minimum atomic E-state index is -0.0762. The van der Waals surface area contributed by atoms with Crippen molar-refractivity contribution in [3.05, 3.63) is 29.3 Å². The molecule has 0 aromatic heterocycles. The number of nitrogens with two attached hydrogens (primary N) is 2. The number of phenols is 1. The zero-order chi connectivity index (χ0) is 9.84. The summed E-state index contributed by atoms with van der Waals surface area (Å²) in [6, 6.07) is 5.42. The highest BCUT2D eigenvalue weighted by Gasteiger charge is 2.05. The lowest BCUT2D eigenvalue weighted by molar-refractivity contribution is 0.464. The standard InChI is InChI=1S/C10H16N2O/c1-7-2-3-10(13)8(4-7)5-9(12)6-11/h2-4,9,13H,5-6,11-12H2,1H3. The van der Waals surface area contributed by atoms with Crippen molar-refractivity contribution in [2.24, 2.45) is 11.5 Å². The predicted octanol–water partition coefficient (Wildman–Crippen LogP) is 0.529. The molecule has 0 fully saturated rings. The normalized spacial score (nSPS) is 12.8. The average Bonchev–Trinajstić information content (AvgIpc) is 2.11. The molecular formula is C10H16N2O. The van der Waals surface area contributed by atoms with E-state index in [0.717, 1.165) is 11.1 Å². The number of hydrogen-bond acceptors (Lipinski definition) is 3. The molecule has 0 heterocycles. The quantitative estimate of drug-likeness (QED) is 0.635. The van der Waals surface area contributed by atoms with Gasteiger partial charge < -0.3 is 16.6 Å². The van der Waals surface area contributed by atoms with Crippen molar-refractivity contribution in [3.8, 4) is 5.75 Å². The second-order valence-electron chi connectivity index (χ2n) is 3.33. The average molecular weight is 180 g/mol. The SMILES string of the molecule is Cc1ccc(O)c(CC(N)CN)c1. The van der Waals surface area contributed by atoms with Crippen molar-refractivity contribution in [2.45, 2.75) is 19.4 Å². The van der Waals surface area contributed by atoms with E-state index in [1.54, 1.807) is 6.07 Å². The van der Waals surface area contributed by atoms with Crippen LogP contribution >= 0.6 is 0 Å². The summed E-state index contributed by atoms with van der Waals surface area (Å²) in [6.07, 6.45) is 0.629. The third-order valence-corrected chi connectivity index (χ3v) is 2.02. The number of aryl methyl sites for hydroxylation is 1. The van der Waals surface area contributed by atoms with Gasteiger partial charge in [-0.3, -0.25) is 0 Å². The number of aromatic hydroxyl groups is 1. The van der Waals surface area contributed by atoms with E-state index in [0.29, 0.717) is 18.7 Å². The van der Waals surface area contributed by atoms with E-state index in [1.165, 1.54) is 0 Å². The molecule has 0 saturated carbocycles. The van der Waals surface area contributed by atoms with Crippen LogP contribution in [0.2, 0.25) is 0 Å². The Kier molecular flexibility index (Phi) is 3.28. The van der Waals surface area contributed by atoms with Crippen LogP contribution in [0.25, 0.3) is 0 Å². The Morgan fingerprint density at radius 2 is 2.15 bits per heavy atom. The van der Waals surface area contributed by atoms with Gasteiger partial charge in [0.2, 0.25) is 0 Å². The maximum absolute atomic E-state index is 9.48. The highest BCUT2D eigenvalue weighted by molar-refractivity contribution is 5.36. The molecule has 0 amide bonds. The second-order valence-corrected chi connectivity index (χ2v) is 3.33. The van der Waals surface area contributed by atoms with E-state index < -0.39 is 0 Å². The van der Waals surface area contributed by atoms with Gasteiger partial charge in [-0.1, -0.05) is 17.7 Å². The Labute approximate surface area is 78.4 Å². The van der Waals surface area contributed by atoms with Crippen molar-refractivity contribution >= 4 is 0 Å². The van der Waals surface area contributed by atoms with E-state index in [9.17, 15) is 5.11 Å². The Morgan fingerprint density at radius 1 is 1.46 bits per heavy atom.